The first kappa shape index (κ1) is 34.6. The number of nitrogens with zero attached hydrogens (tertiary/aromatic N) is 4. The second kappa shape index (κ2) is 15.2. The Kier molecular flexibility index (Phi) is 12.3. The van der Waals surface area contributed by atoms with E-state index >= 15 is 0 Å². The first-order valence-corrected chi connectivity index (χ1v) is 15.0. The van der Waals surface area contributed by atoms with Crippen LogP contribution in [0.15, 0.2) is 85.3 Å². The van der Waals surface area contributed by atoms with E-state index in [1.807, 2.05) is 59.4 Å². The maximum atomic E-state index is 14.2. The Morgan fingerprint density at radius 1 is 0.884 bits per heavy atom. The van der Waals surface area contributed by atoms with E-state index in [2.05, 4.69) is 76.2 Å². The third kappa shape index (κ3) is 9.31. The molecule has 4 nitrogen and oxygen atoms in total. The second-order valence-corrected chi connectivity index (χ2v) is 12.8. The van der Waals surface area contributed by atoms with Crippen LogP contribution in [0.3, 0.4) is 0 Å². The third-order valence-electron chi connectivity index (χ3n) is 6.44. The zero-order valence-electron chi connectivity index (χ0n) is 25.6. The quantitative estimate of drug-likeness (QED) is 0.120. The summed E-state index contributed by atoms with van der Waals surface area (Å²) in [6.07, 6.45) is 5.67. The Morgan fingerprint density at radius 2 is 1.56 bits per heavy atom. The number of benzene rings is 2. The molecule has 43 heavy (non-hydrogen) atoms. The maximum Gasteiger partial charge on any atom is 3.00 e. The first-order chi connectivity index (χ1) is 19.9. The van der Waals surface area contributed by atoms with E-state index in [9.17, 15) is 8.78 Å². The Hall–Kier alpha value is -2.87. The van der Waals surface area contributed by atoms with Crippen LogP contribution in [0.25, 0.3) is 42.4 Å². The summed E-state index contributed by atoms with van der Waals surface area (Å²) < 4.78 is 30.4. The van der Waals surface area contributed by atoms with E-state index in [4.69, 9.17) is 0 Å². The smallest absolute Gasteiger partial charge is 0.618 e. The third-order valence-corrected chi connectivity index (χ3v) is 7.58. The summed E-state index contributed by atoms with van der Waals surface area (Å²) in [5.41, 5.74) is 3.38. The van der Waals surface area contributed by atoms with E-state index in [1.54, 1.807) is 6.20 Å². The van der Waals surface area contributed by atoms with Crippen molar-refractivity contribution in [2.24, 2.45) is 0 Å². The van der Waals surface area contributed by atoms with Gasteiger partial charge in [-0.05, 0) is 47.1 Å². The van der Waals surface area contributed by atoms with E-state index in [0.717, 1.165) is 32.3 Å². The van der Waals surface area contributed by atoms with Crippen molar-refractivity contribution in [3.63, 3.8) is 0 Å². The van der Waals surface area contributed by atoms with Crippen LogP contribution in [0.4, 0.5) is 8.78 Å². The van der Waals surface area contributed by atoms with E-state index in [-0.39, 0.29) is 31.8 Å². The van der Waals surface area contributed by atoms with Crippen LogP contribution in [0.5, 0.6) is 0 Å². The summed E-state index contributed by atoms with van der Waals surface area (Å²) in [4.78, 5) is 5.29. The summed E-state index contributed by atoms with van der Waals surface area (Å²) in [6, 6.07) is 23.6. The van der Waals surface area contributed by atoms with Crippen LogP contribution in [0.1, 0.15) is 60.3 Å². The molecule has 0 spiro atoms. The minimum atomic E-state index is -0.576. The number of aromatic nitrogens is 2. The molecule has 0 saturated heterocycles. The normalized spacial score (nSPS) is 11.5. The zero-order valence-corrected chi connectivity index (χ0v) is 28.8. The molecule has 5 rings (SSSR count). The van der Waals surface area contributed by atoms with Gasteiger partial charge in [0.2, 0.25) is 0 Å². The number of pyridine rings is 2. The van der Waals surface area contributed by atoms with E-state index in [0.29, 0.717) is 17.6 Å². The van der Waals surface area contributed by atoms with Crippen molar-refractivity contribution in [2.75, 3.05) is 0 Å². The van der Waals surface area contributed by atoms with Crippen molar-refractivity contribution >= 4 is 21.4 Å². The molecule has 0 aliphatic carbocycles. The summed E-state index contributed by atoms with van der Waals surface area (Å²) in [5.74, 6) is -1.13. The van der Waals surface area contributed by atoms with Gasteiger partial charge in [0.1, 0.15) is 11.6 Å². The molecule has 2 aromatic carbocycles. The summed E-state index contributed by atoms with van der Waals surface area (Å²) in [7, 11) is 0. The van der Waals surface area contributed by atoms with Gasteiger partial charge >= 0.3 is 20.1 Å². The number of halogens is 2. The molecule has 3 aromatic heterocycles. The molecular formula is C35H38F2IrN4S+. The minimum Gasteiger partial charge on any atom is -0.618 e. The van der Waals surface area contributed by atoms with Crippen molar-refractivity contribution in [1.82, 2.24) is 4.98 Å². The summed E-state index contributed by atoms with van der Waals surface area (Å²) in [6.45, 7) is 14.8. The number of hydrogen-bond donors (Lipinski definition) is 0. The van der Waals surface area contributed by atoms with Gasteiger partial charge < -0.3 is 15.6 Å². The molecule has 0 aliphatic heterocycles. The summed E-state index contributed by atoms with van der Waals surface area (Å²) in [5, 5.41) is 10.1. The molecule has 226 valence electrons. The van der Waals surface area contributed by atoms with Crippen molar-refractivity contribution in [1.29, 1.82) is 0 Å². The van der Waals surface area contributed by atoms with Crippen molar-refractivity contribution < 1.29 is 33.5 Å². The molecule has 0 saturated carbocycles. The number of fused-ring (bicyclic) bond motifs is 1. The number of thiophene rings is 1. The van der Waals surface area contributed by atoms with Crippen LogP contribution < -0.4 is 4.57 Å². The number of hydrogen-bond acceptors (Lipinski definition) is 2. The Balaban J connectivity index is 0.000000271. The standard InChI is InChI=1S/C23H18F2NS.C12H20N3.Ir/c1-23(2,3)15-6-4-14(5-7-15)22-18-13-21(27-20(18)10-11-26-22)17-9-8-16(24)12-19(17)25;1-10(2)13-12(14-11(3)4)15-8-6-5-7-9-15;/h4,6-13H,1-3H3;5-12H,1-4H3;/q2*-1;+3. The molecule has 0 amide bonds. The van der Waals surface area contributed by atoms with Gasteiger partial charge in [-0.15, -0.1) is 58.8 Å². The fraction of sp³-hybridized carbons (Fsp3) is 0.314. The first-order valence-electron chi connectivity index (χ1n) is 14.1. The largest absolute Gasteiger partial charge is 3.00 e. The molecule has 8 heteroatoms. The average molecular weight is 777 g/mol. The molecule has 3 heterocycles. The van der Waals surface area contributed by atoms with Crippen molar-refractivity contribution in [3.05, 3.63) is 119 Å². The molecule has 0 radical (unpaired) electrons. The summed E-state index contributed by atoms with van der Waals surface area (Å²) >= 11 is 1.47. The van der Waals surface area contributed by atoms with Gasteiger partial charge in [-0.25, -0.2) is 13.3 Å². The molecule has 5 aromatic rings. The molecule has 0 bridgehead atoms. The van der Waals surface area contributed by atoms with Gasteiger partial charge in [0, 0.05) is 39.5 Å². The Bertz CT molecular complexity index is 1590. The molecule has 0 fully saturated rings. The molecule has 0 atom stereocenters. The van der Waals surface area contributed by atoms with E-state index < -0.39 is 11.6 Å². The van der Waals surface area contributed by atoms with Crippen LogP contribution in [0, 0.1) is 17.7 Å². The second-order valence-electron chi connectivity index (χ2n) is 11.7. The van der Waals surface area contributed by atoms with Crippen molar-refractivity contribution in [2.45, 2.75) is 72.3 Å². The van der Waals surface area contributed by atoms with Gasteiger partial charge in [-0.2, -0.15) is 0 Å². The maximum absolute atomic E-state index is 14.2. The van der Waals surface area contributed by atoms with Gasteiger partial charge in [0.05, 0.1) is 0 Å². The number of rotatable bonds is 7. The van der Waals surface area contributed by atoms with Gasteiger partial charge in [0.15, 0.2) is 12.4 Å². The van der Waals surface area contributed by atoms with Crippen molar-refractivity contribution in [3.8, 4) is 21.7 Å². The molecule has 0 unspecified atom stereocenters. The molecule has 0 aliphatic rings. The van der Waals surface area contributed by atoms with Gasteiger partial charge in [-0.3, -0.25) is 0 Å². The monoisotopic (exact) mass is 777 g/mol. The molecule has 0 N–H and O–H groups in total. The average Bonchev–Trinajstić information content (AvgIpc) is 3.37. The zero-order chi connectivity index (χ0) is 30.4. The van der Waals surface area contributed by atoms with Crippen LogP contribution in [-0.2, 0) is 25.5 Å². The predicted molar refractivity (Wildman–Crippen MR) is 171 cm³/mol. The molecular weight excluding hydrogens is 739 g/mol. The van der Waals surface area contributed by atoms with Gasteiger partial charge in [0.25, 0.3) is 0 Å². The SMILES string of the molecule is CC(C)(C)c1c[c-]c(-c2nccc3sc(-c4ccc(F)cc4F)cc23)cc1.CC(C)[N-]C([N-]C(C)C)[n+]1ccccc1.[Ir+3]. The Morgan fingerprint density at radius 3 is 2.12 bits per heavy atom. The predicted octanol–water partition coefficient (Wildman–Crippen LogP) is 10.00. The fourth-order valence-electron chi connectivity index (χ4n) is 4.33. The van der Waals surface area contributed by atoms with Crippen LogP contribution in [-0.4, -0.2) is 17.1 Å². The minimum absolute atomic E-state index is 0. The van der Waals surface area contributed by atoms with Gasteiger partial charge in [-0.1, -0.05) is 54.5 Å². The van der Waals surface area contributed by atoms with E-state index in [1.165, 1.54) is 29.0 Å². The van der Waals surface area contributed by atoms with Crippen LogP contribution >= 0.6 is 11.3 Å². The topological polar surface area (TPSA) is 45.0 Å². The Labute approximate surface area is 272 Å². The van der Waals surface area contributed by atoms with Crippen LogP contribution in [0.2, 0.25) is 0 Å². The fourth-order valence-corrected chi connectivity index (χ4v) is 5.41.